The van der Waals surface area contributed by atoms with Crippen molar-refractivity contribution in [3.05, 3.63) is 29.8 Å². The normalized spacial score (nSPS) is 11.9. The average Bonchev–Trinajstić information content (AvgIpc) is 2.28. The average molecular weight is 221 g/mol. The molecule has 1 unspecified atom stereocenters. The van der Waals surface area contributed by atoms with Gasteiger partial charge < -0.3 is 10.1 Å². The highest BCUT2D eigenvalue weighted by Gasteiger charge is 2.06. The molecular weight excluding hydrogens is 202 g/mol. The van der Waals surface area contributed by atoms with Crippen molar-refractivity contribution in [2.24, 2.45) is 0 Å². The predicted molar refractivity (Wildman–Crippen MR) is 65.5 cm³/mol. The molecule has 0 aliphatic heterocycles. The third kappa shape index (κ3) is 4.34. The van der Waals surface area contributed by atoms with Gasteiger partial charge in [-0.05, 0) is 32.4 Å². The monoisotopic (exact) mass is 221 g/mol. The molecule has 1 aromatic rings. The molecule has 1 aromatic carbocycles. The maximum Gasteiger partial charge on any atom is 0.325 e. The Morgan fingerprint density at radius 2 is 2.00 bits per heavy atom. The Balaban J connectivity index is 2.34. The van der Waals surface area contributed by atoms with Gasteiger partial charge in [0.15, 0.2) is 0 Å². The first-order valence-electron chi connectivity index (χ1n) is 5.62. The summed E-state index contributed by atoms with van der Waals surface area (Å²) in [5.41, 5.74) is 2.14. The Hall–Kier alpha value is -1.51. The molecule has 0 radical (unpaired) electrons. The number of esters is 1. The molecule has 3 heteroatoms. The molecule has 88 valence electrons. The number of ether oxygens (including phenoxy) is 1. The zero-order chi connectivity index (χ0) is 12.0. The number of anilines is 1. The Morgan fingerprint density at radius 3 is 2.56 bits per heavy atom. The number of rotatable bonds is 5. The molecule has 0 spiro atoms. The molecule has 0 aliphatic carbocycles. The lowest BCUT2D eigenvalue weighted by Crippen LogP contribution is -2.21. The van der Waals surface area contributed by atoms with Crippen molar-refractivity contribution in [3.63, 3.8) is 0 Å². The van der Waals surface area contributed by atoms with Crippen LogP contribution in [0.15, 0.2) is 24.3 Å². The summed E-state index contributed by atoms with van der Waals surface area (Å²) in [6.45, 7) is 6.13. The lowest BCUT2D eigenvalue weighted by molar-refractivity contribution is -0.146. The van der Waals surface area contributed by atoms with E-state index < -0.39 is 0 Å². The molecule has 0 heterocycles. The summed E-state index contributed by atoms with van der Waals surface area (Å²) in [6.07, 6.45) is 0.836. The fourth-order valence-electron chi connectivity index (χ4n) is 1.20. The van der Waals surface area contributed by atoms with Gasteiger partial charge >= 0.3 is 5.97 Å². The minimum Gasteiger partial charge on any atom is -0.461 e. The molecule has 1 rings (SSSR count). The molecule has 3 nitrogen and oxygen atoms in total. The summed E-state index contributed by atoms with van der Waals surface area (Å²) < 4.78 is 5.14. The van der Waals surface area contributed by atoms with Gasteiger partial charge in [-0.15, -0.1) is 0 Å². The summed E-state index contributed by atoms with van der Waals surface area (Å²) in [5.74, 6) is -0.213. The highest BCUT2D eigenvalue weighted by atomic mass is 16.5. The zero-order valence-corrected chi connectivity index (χ0v) is 10.1. The zero-order valence-electron chi connectivity index (χ0n) is 10.1. The first kappa shape index (κ1) is 12.6. The van der Waals surface area contributed by atoms with Crippen LogP contribution in [0.1, 0.15) is 25.8 Å². The largest absolute Gasteiger partial charge is 0.461 e. The Kier molecular flexibility index (Phi) is 4.83. The van der Waals surface area contributed by atoms with E-state index in [0.29, 0.717) is 0 Å². The number of hydrogen-bond acceptors (Lipinski definition) is 3. The van der Waals surface area contributed by atoms with E-state index in [-0.39, 0.29) is 18.6 Å². The third-order valence-electron chi connectivity index (χ3n) is 2.40. The summed E-state index contributed by atoms with van der Waals surface area (Å²) in [4.78, 5) is 11.4. The van der Waals surface area contributed by atoms with E-state index in [9.17, 15) is 4.79 Å². The molecular formula is C13H19NO2. The van der Waals surface area contributed by atoms with Crippen LogP contribution in [0, 0.1) is 6.92 Å². The van der Waals surface area contributed by atoms with Gasteiger partial charge in [-0.2, -0.15) is 0 Å². The van der Waals surface area contributed by atoms with Gasteiger partial charge in [0, 0.05) is 5.69 Å². The molecule has 0 saturated heterocycles. The fraction of sp³-hybridized carbons (Fsp3) is 0.462. The van der Waals surface area contributed by atoms with Crippen molar-refractivity contribution in [1.29, 1.82) is 0 Å². The molecule has 1 N–H and O–H groups in total. The van der Waals surface area contributed by atoms with Gasteiger partial charge in [-0.3, -0.25) is 4.79 Å². The maximum absolute atomic E-state index is 11.4. The second kappa shape index (κ2) is 6.16. The predicted octanol–water partition coefficient (Wildman–Crippen LogP) is 2.75. The maximum atomic E-state index is 11.4. The number of aryl methyl sites for hydroxylation is 1. The first-order chi connectivity index (χ1) is 7.61. The fourth-order valence-corrected chi connectivity index (χ4v) is 1.20. The molecule has 0 aliphatic rings. The topological polar surface area (TPSA) is 38.3 Å². The SMILES string of the molecule is CCC(C)OC(=O)CNc1ccc(C)cc1. The molecule has 0 aromatic heterocycles. The van der Waals surface area contributed by atoms with Gasteiger partial charge in [0.05, 0.1) is 6.10 Å². The van der Waals surface area contributed by atoms with Crippen LogP contribution in [-0.2, 0) is 9.53 Å². The molecule has 0 amide bonds. The van der Waals surface area contributed by atoms with Crippen LogP contribution in [0.5, 0.6) is 0 Å². The molecule has 0 bridgehead atoms. The quantitative estimate of drug-likeness (QED) is 0.777. The van der Waals surface area contributed by atoms with Crippen LogP contribution in [0.2, 0.25) is 0 Å². The minimum atomic E-state index is -0.213. The molecule has 16 heavy (non-hydrogen) atoms. The third-order valence-corrected chi connectivity index (χ3v) is 2.40. The van der Waals surface area contributed by atoms with Crippen LogP contribution >= 0.6 is 0 Å². The smallest absolute Gasteiger partial charge is 0.325 e. The number of nitrogens with one attached hydrogen (secondary N) is 1. The highest BCUT2D eigenvalue weighted by Crippen LogP contribution is 2.08. The Labute approximate surface area is 96.8 Å². The second-order valence-electron chi connectivity index (χ2n) is 3.93. The van der Waals surface area contributed by atoms with E-state index in [4.69, 9.17) is 4.74 Å². The van der Waals surface area contributed by atoms with Crippen molar-refractivity contribution in [3.8, 4) is 0 Å². The number of hydrogen-bond donors (Lipinski definition) is 1. The summed E-state index contributed by atoms with van der Waals surface area (Å²) >= 11 is 0. The van der Waals surface area contributed by atoms with E-state index in [1.54, 1.807) is 0 Å². The van der Waals surface area contributed by atoms with Crippen molar-refractivity contribution >= 4 is 11.7 Å². The highest BCUT2D eigenvalue weighted by molar-refractivity contribution is 5.75. The van der Waals surface area contributed by atoms with Crippen molar-refractivity contribution in [1.82, 2.24) is 0 Å². The van der Waals surface area contributed by atoms with Gasteiger partial charge in [0.25, 0.3) is 0 Å². The van der Waals surface area contributed by atoms with Crippen LogP contribution < -0.4 is 5.32 Å². The Bertz CT molecular complexity index is 332. The molecule has 0 saturated carbocycles. The molecule has 0 fully saturated rings. The summed E-state index contributed by atoms with van der Waals surface area (Å²) in [5, 5.41) is 3.03. The van der Waals surface area contributed by atoms with Crippen molar-refractivity contribution < 1.29 is 9.53 Å². The van der Waals surface area contributed by atoms with E-state index in [1.807, 2.05) is 45.0 Å². The van der Waals surface area contributed by atoms with Crippen LogP contribution in [0.3, 0.4) is 0 Å². The summed E-state index contributed by atoms with van der Waals surface area (Å²) in [7, 11) is 0. The minimum absolute atomic E-state index is 0.00711. The number of carbonyl (C=O) groups excluding carboxylic acids is 1. The standard InChI is InChI=1S/C13H19NO2/c1-4-11(3)16-13(15)9-14-12-7-5-10(2)6-8-12/h5-8,11,14H,4,9H2,1-3H3. The van der Waals surface area contributed by atoms with Gasteiger partial charge in [-0.1, -0.05) is 24.6 Å². The van der Waals surface area contributed by atoms with E-state index in [2.05, 4.69) is 5.32 Å². The van der Waals surface area contributed by atoms with Gasteiger partial charge in [0.2, 0.25) is 0 Å². The van der Waals surface area contributed by atoms with Crippen LogP contribution in [0.25, 0.3) is 0 Å². The number of benzene rings is 1. The van der Waals surface area contributed by atoms with Gasteiger partial charge in [-0.25, -0.2) is 0 Å². The van der Waals surface area contributed by atoms with Crippen molar-refractivity contribution in [2.75, 3.05) is 11.9 Å². The van der Waals surface area contributed by atoms with E-state index in [0.717, 1.165) is 12.1 Å². The van der Waals surface area contributed by atoms with Crippen LogP contribution in [-0.4, -0.2) is 18.6 Å². The second-order valence-corrected chi connectivity index (χ2v) is 3.93. The lowest BCUT2D eigenvalue weighted by atomic mass is 10.2. The van der Waals surface area contributed by atoms with Gasteiger partial charge in [0.1, 0.15) is 6.54 Å². The van der Waals surface area contributed by atoms with E-state index in [1.165, 1.54) is 5.56 Å². The first-order valence-corrected chi connectivity index (χ1v) is 5.62. The number of carbonyl (C=O) groups is 1. The Morgan fingerprint density at radius 1 is 1.38 bits per heavy atom. The van der Waals surface area contributed by atoms with Crippen LogP contribution in [0.4, 0.5) is 5.69 Å². The lowest BCUT2D eigenvalue weighted by Gasteiger charge is -2.11. The van der Waals surface area contributed by atoms with E-state index >= 15 is 0 Å². The molecule has 1 atom stereocenters. The summed E-state index contributed by atoms with van der Waals surface area (Å²) in [6, 6.07) is 7.91. The van der Waals surface area contributed by atoms with Crippen molar-refractivity contribution in [2.45, 2.75) is 33.3 Å².